The molecule has 724 valence electrons. The van der Waals surface area contributed by atoms with Gasteiger partial charge in [0, 0.05) is 24.3 Å². The van der Waals surface area contributed by atoms with Crippen molar-refractivity contribution in [1.29, 1.82) is 0 Å². The highest BCUT2D eigenvalue weighted by molar-refractivity contribution is 7.80. The van der Waals surface area contributed by atoms with Gasteiger partial charge in [0.2, 0.25) is 112 Å². The monoisotopic (exact) mass is 1880 g/mol. The van der Waals surface area contributed by atoms with Crippen molar-refractivity contribution in [3.05, 3.63) is 71.8 Å². The first kappa shape index (κ1) is 114. The van der Waals surface area contributed by atoms with Crippen molar-refractivity contribution < 1.29 is 142 Å². The van der Waals surface area contributed by atoms with E-state index in [1.165, 1.54) is 34.6 Å². The number of nitrogens with two attached hydrogens (primary N) is 2. The molecule has 2 aromatic rings. The van der Waals surface area contributed by atoms with E-state index < -0.39 is 321 Å². The minimum Gasteiger partial charge on any atom is -0.481 e. The smallest absolute Gasteiger partial charge is 0.328 e. The molecule has 0 aliphatic heterocycles. The van der Waals surface area contributed by atoms with Crippen LogP contribution in [-0.2, 0) is 114 Å². The molecular weight excluding hydrogens is 1760 g/mol. The van der Waals surface area contributed by atoms with Crippen molar-refractivity contribution in [3.8, 4) is 0 Å². The summed E-state index contributed by atoms with van der Waals surface area (Å²) in [6, 6.07) is -11.9. The molecule has 0 radical (unpaired) electrons. The van der Waals surface area contributed by atoms with Crippen LogP contribution >= 0.6 is 25.3 Å². The fraction of sp³-hybridized carbons (Fsp3) is 0.582. The van der Waals surface area contributed by atoms with Crippen LogP contribution in [0.15, 0.2) is 60.7 Å². The van der Waals surface area contributed by atoms with Gasteiger partial charge in [0.25, 0.3) is 0 Å². The van der Waals surface area contributed by atoms with E-state index in [0.29, 0.717) is 11.1 Å². The quantitative estimate of drug-likeness (QED) is 0.0274. The summed E-state index contributed by atoms with van der Waals surface area (Å²) < 4.78 is 0. The summed E-state index contributed by atoms with van der Waals surface area (Å²) in [5.74, 6) is -28.4. The Balaban J connectivity index is 2.26. The molecule has 0 aliphatic rings. The van der Waals surface area contributed by atoms with E-state index in [0.717, 1.165) is 13.8 Å². The summed E-state index contributed by atoms with van der Waals surface area (Å²) in [6.07, 6.45) is -4.10. The molecule has 2 aromatic carbocycles. The van der Waals surface area contributed by atoms with Crippen molar-refractivity contribution in [2.24, 2.45) is 35.1 Å². The number of benzene rings is 2. The lowest BCUT2D eigenvalue weighted by Crippen LogP contribution is -2.62. The topological polar surface area (TPSA) is 789 Å². The number of hydrogen-bond acceptors (Lipinski definition) is 30. The molecule has 0 heterocycles. The molecule has 49 nitrogen and oxygen atoms in total. The normalized spacial score (nSPS) is 15.5. The highest BCUT2D eigenvalue weighted by Gasteiger charge is 2.41. The maximum atomic E-state index is 14.5. The van der Waals surface area contributed by atoms with Gasteiger partial charge in [-0.05, 0) is 48.6 Å². The van der Waals surface area contributed by atoms with Gasteiger partial charge >= 0.3 is 11.9 Å². The van der Waals surface area contributed by atoms with Gasteiger partial charge in [-0.25, -0.2) is 4.79 Å². The standard InChI is InChI=1S/C79H122N20O29S2/c1-11-38(8)61(98-73(121)53(34-130)94-66(114)45(23-42-20-16-13-17-21-42)87-65(113)44(22-41-18-14-12-15-19-41)85-55(107)26-82-74(122)58(35(2)3)95-72(120)52(33-129)93-64(112)43(80)28-100)78(126)99-62(40(10)105)75(123)83-27-56(108)86-48(29-101)69(117)88-47(25-57(109)110)68(116)96-59(36(4)5)76(124)84-39(9)63(111)90-50(31-103)71(119)97-60(37(6)7)77(125)89-46(24-54(81)106)67(115)91-49(30-102)70(118)92-51(32-104)79(127)128/h12-21,35-40,43-53,58-62,100-105,129-130H,11,22-34,80H2,1-10H3,(H2,81,106)(H,82,122)(H,83,123)(H,84,124)(H,85,107)(H,86,108)(H,87,113)(H,88,117)(H,89,125)(H,90,111)(H,91,115)(H,92,118)(H,93,112)(H,94,114)(H,95,120)(H,96,116)(H,97,119)(H,98,121)(H,99,126)(H,109,110)(H,127,128)/t38-,39-,40+,43-,44-,45-,46-,47-,48-,49-,50-,51-,52-,53-,58-,59-,60-,61-,62-/m0/s1. The summed E-state index contributed by atoms with van der Waals surface area (Å²) in [5, 5.41) is 120. The second-order valence-corrected chi connectivity index (χ2v) is 31.8. The van der Waals surface area contributed by atoms with Crippen LogP contribution in [0.4, 0.5) is 0 Å². The van der Waals surface area contributed by atoms with Crippen LogP contribution in [0.1, 0.15) is 99.6 Å². The predicted molar refractivity (Wildman–Crippen MR) is 463 cm³/mol. The van der Waals surface area contributed by atoms with Crippen LogP contribution in [0.2, 0.25) is 0 Å². The average molecular weight is 1880 g/mol. The van der Waals surface area contributed by atoms with E-state index >= 15 is 0 Å². The Hall–Kier alpha value is -12.3. The third-order valence-corrected chi connectivity index (χ3v) is 20.3. The number of carbonyl (C=O) groups is 21. The molecule has 0 unspecified atom stereocenters. The molecule has 130 heavy (non-hydrogen) atoms. The molecule has 0 bridgehead atoms. The molecule has 0 aromatic heterocycles. The number of thiol groups is 2. The zero-order valence-corrected chi connectivity index (χ0v) is 74.9. The van der Waals surface area contributed by atoms with E-state index in [4.69, 9.17) is 16.6 Å². The van der Waals surface area contributed by atoms with Crippen molar-refractivity contribution in [3.63, 3.8) is 0 Å². The first-order chi connectivity index (χ1) is 61.1. The number of aliphatic hydroxyl groups is 6. The molecule has 30 N–H and O–H groups in total. The number of nitrogens with one attached hydrogen (secondary N) is 18. The van der Waals surface area contributed by atoms with Crippen molar-refractivity contribution in [2.75, 3.05) is 57.6 Å². The number of amides is 19. The van der Waals surface area contributed by atoms with E-state index in [9.17, 15) is 136 Å². The maximum absolute atomic E-state index is 14.5. The molecular formula is C79H122N20O29S2. The maximum Gasteiger partial charge on any atom is 0.328 e. The molecule has 0 aliphatic carbocycles. The van der Waals surface area contributed by atoms with Crippen LogP contribution in [0, 0.1) is 23.7 Å². The van der Waals surface area contributed by atoms with Crippen molar-refractivity contribution in [1.82, 2.24) is 95.7 Å². The number of aliphatic carboxylic acids is 2. The highest BCUT2D eigenvalue weighted by Crippen LogP contribution is 2.15. The Morgan fingerprint density at radius 1 is 0.331 bits per heavy atom. The van der Waals surface area contributed by atoms with Crippen LogP contribution in [0.5, 0.6) is 0 Å². The SMILES string of the molecule is CC[C@H](C)[C@H](NC(=O)[C@H](CS)NC(=O)[C@H](Cc1ccccc1)NC(=O)[C@H](Cc1ccccc1)NC(=O)CNC(=O)[C@@H](NC(=O)[C@H](CS)NC(=O)[C@@H](N)CO)C(C)C)C(=O)N[C@H](C(=O)NCC(=O)N[C@@H](CO)C(=O)N[C@@H](CC(=O)O)C(=O)N[C@H](C(=O)N[C@@H](C)C(=O)N[C@@H](CO)C(=O)N[C@H](C(=O)N[C@@H](CC(N)=O)C(=O)N[C@@H](CO)C(=O)N[C@@H](CO)C(=O)O)C(C)C)C(C)C)[C@@H](C)O. The first-order valence-corrected chi connectivity index (χ1v) is 42.2. The minimum absolute atomic E-state index is 0.170. The lowest BCUT2D eigenvalue weighted by Gasteiger charge is -2.29. The summed E-state index contributed by atoms with van der Waals surface area (Å²) in [4.78, 5) is 281. The average Bonchev–Trinajstić information content (AvgIpc) is 0.852. The second-order valence-electron chi connectivity index (χ2n) is 31.1. The van der Waals surface area contributed by atoms with Gasteiger partial charge in [-0.15, -0.1) is 0 Å². The number of carboxylic acid groups (broad SMARTS) is 2. The van der Waals surface area contributed by atoms with Gasteiger partial charge in [0.05, 0.1) is 65.1 Å². The summed E-state index contributed by atoms with van der Waals surface area (Å²) >= 11 is 8.41. The Bertz CT molecular complexity index is 4240. The number of carbonyl (C=O) groups excluding carboxylic acids is 19. The summed E-state index contributed by atoms with van der Waals surface area (Å²) in [7, 11) is 0. The predicted octanol–water partition coefficient (Wildman–Crippen LogP) is -12.5. The molecule has 19 amide bonds. The Labute approximate surface area is 758 Å². The fourth-order valence-corrected chi connectivity index (χ4v) is 12.2. The zero-order valence-electron chi connectivity index (χ0n) is 73.1. The first-order valence-electron chi connectivity index (χ1n) is 41.0. The van der Waals surface area contributed by atoms with Crippen LogP contribution < -0.4 is 107 Å². The number of aliphatic hydroxyl groups excluding tert-OH is 6. The second kappa shape index (κ2) is 57.6. The minimum atomic E-state index is -2.09. The van der Waals surface area contributed by atoms with E-state index in [2.05, 4.69) is 105 Å². The summed E-state index contributed by atoms with van der Waals surface area (Å²) in [6.45, 7) is 6.88. The number of hydrogen-bond donors (Lipinski definition) is 30. The molecule has 0 saturated carbocycles. The van der Waals surface area contributed by atoms with Gasteiger partial charge in [-0.1, -0.05) is 122 Å². The van der Waals surface area contributed by atoms with Crippen LogP contribution in [-0.4, -0.2) is 331 Å². The van der Waals surface area contributed by atoms with E-state index in [-0.39, 0.29) is 25.0 Å². The lowest BCUT2D eigenvalue weighted by atomic mass is 9.97. The molecule has 0 spiro atoms. The van der Waals surface area contributed by atoms with Crippen molar-refractivity contribution >= 4 is 149 Å². The molecule has 51 heteroatoms. The molecule has 0 saturated heterocycles. The van der Waals surface area contributed by atoms with Crippen molar-refractivity contribution in [2.45, 2.75) is 210 Å². The Morgan fingerprint density at radius 2 is 0.631 bits per heavy atom. The number of carboxylic acids is 2. The van der Waals surface area contributed by atoms with Gasteiger partial charge < -0.3 is 148 Å². The fourth-order valence-electron chi connectivity index (χ4n) is 11.7. The summed E-state index contributed by atoms with van der Waals surface area (Å²) in [5.41, 5.74) is 11.9. The van der Waals surface area contributed by atoms with Gasteiger partial charge in [0.15, 0.2) is 0 Å². The highest BCUT2D eigenvalue weighted by atomic mass is 32.1. The van der Waals surface area contributed by atoms with Crippen LogP contribution in [0.25, 0.3) is 0 Å². The van der Waals surface area contributed by atoms with E-state index in [1.54, 1.807) is 81.4 Å². The largest absolute Gasteiger partial charge is 0.481 e. The molecule has 0 fully saturated rings. The number of rotatable bonds is 58. The third-order valence-electron chi connectivity index (χ3n) is 19.5. The Kier molecular flexibility index (Phi) is 50.4. The molecule has 2 rings (SSSR count). The van der Waals surface area contributed by atoms with Gasteiger partial charge in [-0.2, -0.15) is 25.3 Å². The van der Waals surface area contributed by atoms with E-state index in [1.807, 2.05) is 16.0 Å². The molecule has 19 atom stereocenters. The Morgan fingerprint density at radius 3 is 1.03 bits per heavy atom. The van der Waals surface area contributed by atoms with Gasteiger partial charge in [-0.3, -0.25) is 95.9 Å². The number of primary amides is 1. The van der Waals surface area contributed by atoms with Crippen LogP contribution in [0.3, 0.4) is 0 Å². The lowest BCUT2D eigenvalue weighted by molar-refractivity contribution is -0.144. The zero-order chi connectivity index (χ0) is 98.7. The van der Waals surface area contributed by atoms with Gasteiger partial charge in [0.1, 0.15) is 103 Å². The third kappa shape index (κ3) is 39.0.